The van der Waals surface area contributed by atoms with Gasteiger partial charge in [0.05, 0.1) is 5.51 Å². The highest BCUT2D eigenvalue weighted by Crippen LogP contribution is 2.25. The Morgan fingerprint density at radius 1 is 1.17 bits per heavy atom. The zero-order chi connectivity index (χ0) is 15.6. The Hall–Kier alpha value is -3.06. The maximum Gasteiger partial charge on any atom is 0.275 e. The third-order valence-electron chi connectivity index (χ3n) is 3.20. The molecule has 0 saturated heterocycles. The maximum atomic E-state index is 12.0. The summed E-state index contributed by atoms with van der Waals surface area (Å²) in [7, 11) is 0. The Morgan fingerprint density at radius 3 is 2.96 bits per heavy atom. The van der Waals surface area contributed by atoms with Gasteiger partial charge in [-0.2, -0.15) is 4.98 Å². The van der Waals surface area contributed by atoms with Gasteiger partial charge < -0.3 is 9.73 Å². The van der Waals surface area contributed by atoms with Crippen molar-refractivity contribution in [1.29, 1.82) is 0 Å². The first-order valence-electron chi connectivity index (χ1n) is 6.81. The summed E-state index contributed by atoms with van der Waals surface area (Å²) in [6.45, 7) is 0. The number of pyridine rings is 1. The molecule has 6 nitrogen and oxygen atoms in total. The van der Waals surface area contributed by atoms with Crippen LogP contribution in [0.4, 0.5) is 5.69 Å². The number of oxazole rings is 1. The number of thiazole rings is 1. The van der Waals surface area contributed by atoms with Crippen molar-refractivity contribution in [2.75, 3.05) is 5.32 Å². The van der Waals surface area contributed by atoms with Gasteiger partial charge in [-0.1, -0.05) is 6.07 Å². The molecule has 0 aliphatic rings. The van der Waals surface area contributed by atoms with Crippen LogP contribution >= 0.6 is 11.3 Å². The van der Waals surface area contributed by atoms with Crippen molar-refractivity contribution < 1.29 is 9.21 Å². The van der Waals surface area contributed by atoms with Crippen LogP contribution in [0.15, 0.2) is 57.9 Å². The third kappa shape index (κ3) is 2.69. The van der Waals surface area contributed by atoms with E-state index in [1.807, 2.05) is 18.2 Å². The molecule has 0 aliphatic carbocycles. The number of rotatable bonds is 3. The molecule has 7 heteroatoms. The van der Waals surface area contributed by atoms with E-state index < -0.39 is 0 Å². The molecular formula is C16H10N4O2S. The van der Waals surface area contributed by atoms with Crippen molar-refractivity contribution in [3.05, 3.63) is 59.2 Å². The highest BCUT2D eigenvalue weighted by molar-refractivity contribution is 7.07. The van der Waals surface area contributed by atoms with Gasteiger partial charge in [0, 0.05) is 22.8 Å². The molecule has 23 heavy (non-hydrogen) atoms. The highest BCUT2D eigenvalue weighted by atomic mass is 32.1. The molecule has 0 unspecified atom stereocenters. The molecule has 112 valence electrons. The lowest BCUT2D eigenvalue weighted by Gasteiger charge is -2.04. The highest BCUT2D eigenvalue weighted by Gasteiger charge is 2.11. The molecule has 0 bridgehead atoms. The van der Waals surface area contributed by atoms with E-state index >= 15 is 0 Å². The van der Waals surface area contributed by atoms with Crippen molar-refractivity contribution in [1.82, 2.24) is 15.0 Å². The molecule has 0 atom stereocenters. The summed E-state index contributed by atoms with van der Waals surface area (Å²) >= 11 is 1.38. The minimum Gasteiger partial charge on any atom is -0.434 e. The van der Waals surface area contributed by atoms with Crippen LogP contribution in [-0.4, -0.2) is 20.9 Å². The summed E-state index contributed by atoms with van der Waals surface area (Å²) in [5, 5.41) is 4.51. The van der Waals surface area contributed by atoms with Crippen molar-refractivity contribution in [2.24, 2.45) is 0 Å². The van der Waals surface area contributed by atoms with Crippen LogP contribution in [0.2, 0.25) is 0 Å². The van der Waals surface area contributed by atoms with E-state index in [1.54, 1.807) is 35.3 Å². The van der Waals surface area contributed by atoms with E-state index in [-0.39, 0.29) is 5.91 Å². The third-order valence-corrected chi connectivity index (χ3v) is 3.78. The lowest BCUT2D eigenvalue weighted by molar-refractivity contribution is 0.102. The number of benzene rings is 1. The standard InChI is InChI=1S/C16H10N4O2S/c21-15(12-8-23-9-18-12)19-11-4-1-3-10(7-11)16-20-14-13(22-16)5-2-6-17-14/h1-9H,(H,19,21). The van der Waals surface area contributed by atoms with E-state index in [2.05, 4.69) is 20.3 Å². The van der Waals surface area contributed by atoms with Gasteiger partial charge in [0.2, 0.25) is 5.89 Å². The lowest BCUT2D eigenvalue weighted by atomic mass is 10.2. The van der Waals surface area contributed by atoms with Crippen LogP contribution in [0.3, 0.4) is 0 Å². The van der Waals surface area contributed by atoms with Gasteiger partial charge in [-0.15, -0.1) is 11.3 Å². The minimum absolute atomic E-state index is 0.248. The second kappa shape index (κ2) is 5.62. The van der Waals surface area contributed by atoms with Gasteiger partial charge in [-0.25, -0.2) is 9.97 Å². The fraction of sp³-hybridized carbons (Fsp3) is 0. The summed E-state index contributed by atoms with van der Waals surface area (Å²) in [6.07, 6.45) is 1.67. The molecule has 0 spiro atoms. The first-order chi connectivity index (χ1) is 11.3. The number of carbonyl (C=O) groups is 1. The molecule has 4 aromatic rings. The van der Waals surface area contributed by atoms with Gasteiger partial charge in [0.15, 0.2) is 11.2 Å². The Kier molecular flexibility index (Phi) is 3.32. The Balaban J connectivity index is 1.64. The number of aromatic nitrogens is 3. The van der Waals surface area contributed by atoms with Crippen LogP contribution in [0, 0.1) is 0 Å². The number of amides is 1. The van der Waals surface area contributed by atoms with E-state index in [4.69, 9.17) is 4.42 Å². The monoisotopic (exact) mass is 322 g/mol. The Bertz CT molecular complexity index is 946. The molecule has 1 amide bonds. The van der Waals surface area contributed by atoms with Gasteiger partial charge in [-0.05, 0) is 30.3 Å². The minimum atomic E-state index is -0.248. The SMILES string of the molecule is O=C(Nc1cccc(-c2nc3ncccc3o2)c1)c1cscn1. The van der Waals surface area contributed by atoms with E-state index in [0.29, 0.717) is 28.5 Å². The van der Waals surface area contributed by atoms with Crippen LogP contribution < -0.4 is 5.32 Å². The fourth-order valence-corrected chi connectivity index (χ4v) is 2.67. The zero-order valence-electron chi connectivity index (χ0n) is 11.8. The predicted molar refractivity (Wildman–Crippen MR) is 87.3 cm³/mol. The Labute approximate surface area is 134 Å². The number of nitrogens with one attached hydrogen (secondary N) is 1. The lowest BCUT2D eigenvalue weighted by Crippen LogP contribution is -2.12. The number of fused-ring (bicyclic) bond motifs is 1. The second-order valence-electron chi connectivity index (χ2n) is 4.75. The summed E-state index contributed by atoms with van der Waals surface area (Å²) in [6, 6.07) is 10.9. The number of hydrogen-bond donors (Lipinski definition) is 1. The summed E-state index contributed by atoms with van der Waals surface area (Å²) in [4.78, 5) is 24.5. The molecular weight excluding hydrogens is 312 g/mol. The topological polar surface area (TPSA) is 80.9 Å². The Morgan fingerprint density at radius 2 is 2.13 bits per heavy atom. The van der Waals surface area contributed by atoms with Gasteiger partial charge in [0.25, 0.3) is 5.91 Å². The zero-order valence-corrected chi connectivity index (χ0v) is 12.6. The largest absolute Gasteiger partial charge is 0.434 e. The molecule has 4 rings (SSSR count). The van der Waals surface area contributed by atoms with Crippen molar-refractivity contribution >= 4 is 34.2 Å². The first kappa shape index (κ1) is 13.6. The number of nitrogens with zero attached hydrogens (tertiary/aromatic N) is 3. The van der Waals surface area contributed by atoms with Gasteiger partial charge in [-0.3, -0.25) is 4.79 Å². The fourth-order valence-electron chi connectivity index (χ4n) is 2.14. The number of hydrogen-bond acceptors (Lipinski definition) is 6. The van der Waals surface area contributed by atoms with E-state index in [9.17, 15) is 4.79 Å². The van der Waals surface area contributed by atoms with Crippen LogP contribution in [-0.2, 0) is 0 Å². The van der Waals surface area contributed by atoms with Crippen molar-refractivity contribution in [2.45, 2.75) is 0 Å². The summed E-state index contributed by atoms with van der Waals surface area (Å²) < 4.78 is 5.69. The average Bonchev–Trinajstić information content (AvgIpc) is 3.24. The molecule has 0 saturated carbocycles. The molecule has 1 N–H and O–H groups in total. The van der Waals surface area contributed by atoms with Crippen LogP contribution in [0.5, 0.6) is 0 Å². The molecule has 0 radical (unpaired) electrons. The predicted octanol–water partition coefficient (Wildman–Crippen LogP) is 3.60. The van der Waals surface area contributed by atoms with Crippen LogP contribution in [0.1, 0.15) is 10.5 Å². The maximum absolute atomic E-state index is 12.0. The van der Waals surface area contributed by atoms with Gasteiger partial charge >= 0.3 is 0 Å². The molecule has 0 aliphatic heterocycles. The first-order valence-corrected chi connectivity index (χ1v) is 7.75. The molecule has 3 heterocycles. The quantitative estimate of drug-likeness (QED) is 0.623. The van der Waals surface area contributed by atoms with E-state index in [0.717, 1.165) is 5.56 Å². The van der Waals surface area contributed by atoms with Crippen LogP contribution in [0.25, 0.3) is 22.7 Å². The molecule has 3 aromatic heterocycles. The number of carbonyl (C=O) groups excluding carboxylic acids is 1. The summed E-state index contributed by atoms with van der Waals surface area (Å²) in [5.74, 6) is 0.214. The normalized spacial score (nSPS) is 10.8. The average molecular weight is 322 g/mol. The molecule has 1 aromatic carbocycles. The van der Waals surface area contributed by atoms with Gasteiger partial charge in [0.1, 0.15) is 5.69 Å². The summed E-state index contributed by atoms with van der Waals surface area (Å²) in [5.41, 5.74) is 4.61. The second-order valence-corrected chi connectivity index (χ2v) is 5.47. The molecule has 0 fully saturated rings. The van der Waals surface area contributed by atoms with Crippen molar-refractivity contribution in [3.8, 4) is 11.5 Å². The smallest absolute Gasteiger partial charge is 0.275 e. The van der Waals surface area contributed by atoms with E-state index in [1.165, 1.54) is 11.3 Å². The number of anilines is 1. The van der Waals surface area contributed by atoms with Crippen molar-refractivity contribution in [3.63, 3.8) is 0 Å².